The van der Waals surface area contributed by atoms with Crippen molar-refractivity contribution in [2.75, 3.05) is 19.7 Å². The minimum atomic E-state index is -1.01. The highest BCUT2D eigenvalue weighted by molar-refractivity contribution is 5.76. The molecule has 1 aliphatic heterocycles. The summed E-state index contributed by atoms with van der Waals surface area (Å²) in [5, 5.41) is 0. The Bertz CT molecular complexity index is 628. The maximum Gasteiger partial charge on any atom is 0.410 e. The molecule has 24 heavy (non-hydrogen) atoms. The number of halogens is 2. The van der Waals surface area contributed by atoms with Crippen LogP contribution < -0.4 is 4.74 Å². The zero-order valence-electron chi connectivity index (χ0n) is 14.0. The second-order valence-electron chi connectivity index (χ2n) is 6.78. The molecular weight excluding hydrogens is 320 g/mol. The van der Waals surface area contributed by atoms with Crippen molar-refractivity contribution in [1.82, 2.24) is 4.90 Å². The van der Waals surface area contributed by atoms with Crippen molar-refractivity contribution in [3.05, 3.63) is 29.3 Å². The van der Waals surface area contributed by atoms with Crippen LogP contribution in [0.15, 0.2) is 12.1 Å². The van der Waals surface area contributed by atoms with E-state index < -0.39 is 22.8 Å². The van der Waals surface area contributed by atoms with Crippen LogP contribution in [0, 0.1) is 17.6 Å². The van der Waals surface area contributed by atoms with Gasteiger partial charge in [-0.3, -0.25) is 4.79 Å². The van der Waals surface area contributed by atoms with Gasteiger partial charge in [-0.2, -0.15) is 0 Å². The van der Waals surface area contributed by atoms with E-state index in [0.717, 1.165) is 12.1 Å². The summed E-state index contributed by atoms with van der Waals surface area (Å²) in [6, 6.07) is 2.14. The van der Waals surface area contributed by atoms with E-state index in [4.69, 9.17) is 9.47 Å². The van der Waals surface area contributed by atoms with E-state index in [-0.39, 0.29) is 30.7 Å². The van der Waals surface area contributed by atoms with Gasteiger partial charge < -0.3 is 14.4 Å². The van der Waals surface area contributed by atoms with Crippen LogP contribution in [0.2, 0.25) is 0 Å². The monoisotopic (exact) mass is 341 g/mol. The minimum Gasteiger partial charge on any atom is -0.490 e. The fraction of sp³-hybridized carbons (Fsp3) is 0.529. The summed E-state index contributed by atoms with van der Waals surface area (Å²) in [4.78, 5) is 24.3. The third kappa shape index (κ3) is 4.43. The van der Waals surface area contributed by atoms with Gasteiger partial charge in [0.15, 0.2) is 17.9 Å². The Morgan fingerprint density at radius 3 is 2.71 bits per heavy atom. The van der Waals surface area contributed by atoms with Crippen LogP contribution >= 0.6 is 0 Å². The number of aldehydes is 1. The Hall–Kier alpha value is -2.18. The normalized spacial score (nSPS) is 17.7. The van der Waals surface area contributed by atoms with Crippen LogP contribution in [0.1, 0.15) is 37.6 Å². The van der Waals surface area contributed by atoms with Crippen LogP contribution in [0.4, 0.5) is 13.6 Å². The molecule has 1 heterocycles. The summed E-state index contributed by atoms with van der Waals surface area (Å²) in [5.74, 6) is -2.09. The number of ether oxygens (including phenoxy) is 2. The molecule has 2 rings (SSSR count). The largest absolute Gasteiger partial charge is 0.490 e. The van der Waals surface area contributed by atoms with Gasteiger partial charge in [0.2, 0.25) is 0 Å². The molecule has 0 spiro atoms. The molecule has 1 aliphatic rings. The molecule has 5 nitrogen and oxygen atoms in total. The van der Waals surface area contributed by atoms with Gasteiger partial charge in [-0.25, -0.2) is 13.6 Å². The Kier molecular flexibility index (Phi) is 5.41. The molecule has 0 unspecified atom stereocenters. The van der Waals surface area contributed by atoms with Crippen molar-refractivity contribution in [2.24, 2.45) is 5.92 Å². The van der Waals surface area contributed by atoms with E-state index in [0.29, 0.717) is 19.5 Å². The Balaban J connectivity index is 1.91. The molecule has 0 aromatic heterocycles. The first-order valence-corrected chi connectivity index (χ1v) is 7.75. The average Bonchev–Trinajstić information content (AvgIpc) is 2.94. The van der Waals surface area contributed by atoms with Gasteiger partial charge in [-0.05, 0) is 39.3 Å². The fourth-order valence-corrected chi connectivity index (χ4v) is 2.44. The quantitative estimate of drug-likeness (QED) is 0.788. The van der Waals surface area contributed by atoms with Gasteiger partial charge in [-0.1, -0.05) is 0 Å². The second-order valence-corrected chi connectivity index (χ2v) is 6.78. The summed E-state index contributed by atoms with van der Waals surface area (Å²) in [6.07, 6.45) is 0.432. The van der Waals surface area contributed by atoms with Crippen LogP contribution in [-0.2, 0) is 4.74 Å². The smallest absolute Gasteiger partial charge is 0.410 e. The van der Waals surface area contributed by atoms with Crippen LogP contribution in [-0.4, -0.2) is 42.6 Å². The zero-order valence-corrected chi connectivity index (χ0v) is 14.0. The van der Waals surface area contributed by atoms with E-state index in [1.54, 1.807) is 25.7 Å². The summed E-state index contributed by atoms with van der Waals surface area (Å²) in [5.41, 5.74) is -1.21. The predicted octanol–water partition coefficient (Wildman–Crippen LogP) is 3.41. The van der Waals surface area contributed by atoms with Gasteiger partial charge >= 0.3 is 6.09 Å². The Morgan fingerprint density at radius 1 is 1.38 bits per heavy atom. The first-order chi connectivity index (χ1) is 11.2. The van der Waals surface area contributed by atoms with Gasteiger partial charge in [-0.15, -0.1) is 0 Å². The molecule has 0 aliphatic carbocycles. The van der Waals surface area contributed by atoms with Crippen molar-refractivity contribution >= 4 is 12.4 Å². The summed E-state index contributed by atoms with van der Waals surface area (Å²) in [7, 11) is 0. The topological polar surface area (TPSA) is 55.8 Å². The minimum absolute atomic E-state index is 0.0154. The predicted molar refractivity (Wildman–Crippen MR) is 83.2 cm³/mol. The summed E-state index contributed by atoms with van der Waals surface area (Å²) in [6.45, 7) is 6.53. The lowest BCUT2D eigenvalue weighted by Gasteiger charge is -2.24. The van der Waals surface area contributed by atoms with Crippen molar-refractivity contribution in [2.45, 2.75) is 32.8 Å². The highest BCUT2D eigenvalue weighted by atomic mass is 19.1. The number of benzene rings is 1. The number of likely N-dealkylation sites (tertiary alicyclic amines) is 1. The van der Waals surface area contributed by atoms with E-state index in [1.807, 2.05) is 0 Å². The second kappa shape index (κ2) is 7.15. The fourth-order valence-electron chi connectivity index (χ4n) is 2.44. The number of amides is 1. The Labute approximate surface area is 139 Å². The average molecular weight is 341 g/mol. The molecule has 1 aromatic rings. The van der Waals surface area contributed by atoms with Gasteiger partial charge in [0.05, 0.1) is 12.2 Å². The number of nitrogens with zero attached hydrogens (tertiary/aromatic N) is 1. The molecule has 1 aromatic carbocycles. The van der Waals surface area contributed by atoms with Crippen LogP contribution in [0.5, 0.6) is 5.75 Å². The molecular formula is C17H21F2NO4. The van der Waals surface area contributed by atoms with Crippen LogP contribution in [0.25, 0.3) is 0 Å². The number of hydrogen-bond acceptors (Lipinski definition) is 4. The van der Waals surface area contributed by atoms with Crippen LogP contribution in [0.3, 0.4) is 0 Å². The first-order valence-electron chi connectivity index (χ1n) is 7.75. The highest BCUT2D eigenvalue weighted by Crippen LogP contribution is 2.25. The lowest BCUT2D eigenvalue weighted by molar-refractivity contribution is 0.0284. The molecule has 0 radical (unpaired) electrons. The summed E-state index contributed by atoms with van der Waals surface area (Å²) < 4.78 is 37.8. The van der Waals surface area contributed by atoms with Crippen molar-refractivity contribution < 1.29 is 27.8 Å². The third-order valence-corrected chi connectivity index (χ3v) is 3.62. The maximum absolute atomic E-state index is 13.9. The Morgan fingerprint density at radius 2 is 2.08 bits per heavy atom. The van der Waals surface area contributed by atoms with Gasteiger partial charge in [0.1, 0.15) is 11.4 Å². The molecule has 7 heteroatoms. The molecule has 132 valence electrons. The number of rotatable bonds is 4. The number of carbonyl (C=O) groups excluding carboxylic acids is 2. The van der Waals surface area contributed by atoms with Gasteiger partial charge in [0, 0.05) is 19.0 Å². The zero-order chi connectivity index (χ0) is 17.9. The molecule has 0 saturated carbocycles. The van der Waals surface area contributed by atoms with E-state index in [2.05, 4.69) is 0 Å². The van der Waals surface area contributed by atoms with Crippen molar-refractivity contribution in [3.8, 4) is 5.75 Å². The molecule has 1 atom stereocenters. The van der Waals surface area contributed by atoms with Crippen molar-refractivity contribution in [3.63, 3.8) is 0 Å². The summed E-state index contributed by atoms with van der Waals surface area (Å²) >= 11 is 0. The maximum atomic E-state index is 13.9. The molecule has 0 N–H and O–H groups in total. The van der Waals surface area contributed by atoms with Gasteiger partial charge in [0.25, 0.3) is 0 Å². The molecule has 1 fully saturated rings. The molecule has 1 amide bonds. The highest BCUT2D eigenvalue weighted by Gasteiger charge is 2.30. The van der Waals surface area contributed by atoms with E-state index >= 15 is 0 Å². The molecule has 1 saturated heterocycles. The number of hydrogen-bond donors (Lipinski definition) is 0. The third-order valence-electron chi connectivity index (χ3n) is 3.62. The first kappa shape index (κ1) is 18.2. The standard InChI is InChI=1S/C17H21F2NO4/c1-17(2,3)24-16(22)20-7-6-11(8-20)10-23-14-5-4-13(18)12(9-21)15(14)19/h4-5,9,11H,6-8,10H2,1-3H3/t11-/m1/s1. The lowest BCUT2D eigenvalue weighted by atomic mass is 10.1. The number of carbonyl (C=O) groups is 2. The van der Waals surface area contributed by atoms with E-state index in [1.165, 1.54) is 0 Å². The SMILES string of the molecule is CC(C)(C)OC(=O)N1CC[C@@H](COc2ccc(F)c(C=O)c2F)C1. The van der Waals surface area contributed by atoms with Crippen molar-refractivity contribution in [1.29, 1.82) is 0 Å². The lowest BCUT2D eigenvalue weighted by Crippen LogP contribution is -2.35. The molecule has 0 bridgehead atoms. The van der Waals surface area contributed by atoms with E-state index in [9.17, 15) is 18.4 Å².